The minimum Gasteiger partial charge on any atom is -0.492 e. The van der Waals surface area contributed by atoms with E-state index in [0.717, 1.165) is 6.42 Å². The number of ether oxygens (including phenoxy) is 3. The number of benzene rings is 3. The van der Waals surface area contributed by atoms with Gasteiger partial charge in [-0.15, -0.1) is 0 Å². The fourth-order valence-electron chi connectivity index (χ4n) is 2.69. The molecule has 0 saturated carbocycles. The van der Waals surface area contributed by atoms with Crippen molar-refractivity contribution < 1.29 is 23.8 Å². The number of halogens is 2. The molecular weight excluding hydrogens is 516 g/mol. The van der Waals surface area contributed by atoms with Crippen LogP contribution in [0.4, 0.5) is 0 Å². The van der Waals surface area contributed by atoms with E-state index in [9.17, 15) is 9.59 Å². The summed E-state index contributed by atoms with van der Waals surface area (Å²) in [4.78, 5) is 24.5. The van der Waals surface area contributed by atoms with Gasteiger partial charge in [0.25, 0.3) is 0 Å². The number of carbonyl (C=O) groups is 2. The number of hydrogen-bond acceptors (Lipinski definition) is 5. The quantitative estimate of drug-likeness (QED) is 0.282. The van der Waals surface area contributed by atoms with Gasteiger partial charge in [0.05, 0.1) is 23.8 Å². The Balaban J connectivity index is 1.67. The van der Waals surface area contributed by atoms with E-state index in [-0.39, 0.29) is 11.3 Å². The molecule has 0 saturated heterocycles. The van der Waals surface area contributed by atoms with Crippen molar-refractivity contribution in [2.75, 3.05) is 13.7 Å². The molecule has 3 aromatic carbocycles. The molecule has 7 heteroatoms. The SMILES string of the molecule is COC(=O)c1cc(Br)ccc1OC(=O)c1ccc(OCCc2ccccc2)c(Br)c1. The molecule has 0 N–H and O–H groups in total. The van der Waals surface area contributed by atoms with E-state index in [4.69, 9.17) is 14.2 Å². The van der Waals surface area contributed by atoms with Gasteiger partial charge in [0.2, 0.25) is 0 Å². The molecule has 0 aromatic heterocycles. The monoisotopic (exact) mass is 532 g/mol. The van der Waals surface area contributed by atoms with Gasteiger partial charge in [0.1, 0.15) is 17.1 Å². The van der Waals surface area contributed by atoms with Crippen LogP contribution in [-0.4, -0.2) is 25.7 Å². The molecule has 0 heterocycles. The molecule has 0 fully saturated rings. The number of rotatable bonds is 7. The summed E-state index contributed by atoms with van der Waals surface area (Å²) in [7, 11) is 1.27. The molecule has 3 aromatic rings. The van der Waals surface area contributed by atoms with Crippen LogP contribution >= 0.6 is 31.9 Å². The minimum atomic E-state index is -0.598. The van der Waals surface area contributed by atoms with E-state index in [1.165, 1.54) is 24.8 Å². The lowest BCUT2D eigenvalue weighted by molar-refractivity contribution is 0.0593. The van der Waals surface area contributed by atoms with Crippen LogP contribution < -0.4 is 9.47 Å². The van der Waals surface area contributed by atoms with Crippen molar-refractivity contribution in [2.45, 2.75) is 6.42 Å². The maximum atomic E-state index is 12.6. The van der Waals surface area contributed by atoms with Crippen molar-refractivity contribution in [1.29, 1.82) is 0 Å². The number of hydrogen-bond donors (Lipinski definition) is 0. The molecule has 0 atom stereocenters. The van der Waals surface area contributed by atoms with Crippen LogP contribution in [0.5, 0.6) is 11.5 Å². The second-order valence-corrected chi connectivity index (χ2v) is 8.02. The molecule has 0 spiro atoms. The highest BCUT2D eigenvalue weighted by atomic mass is 79.9. The Bertz CT molecular complexity index is 1050. The van der Waals surface area contributed by atoms with E-state index < -0.39 is 11.9 Å². The number of carbonyl (C=O) groups excluding carboxylic acids is 2. The van der Waals surface area contributed by atoms with Crippen LogP contribution in [0, 0.1) is 0 Å². The number of methoxy groups -OCH3 is 1. The Labute approximate surface area is 191 Å². The zero-order valence-electron chi connectivity index (χ0n) is 16.1. The predicted octanol–water partition coefficient (Wildman–Crippen LogP) is 5.84. The van der Waals surface area contributed by atoms with Crippen molar-refractivity contribution in [3.05, 3.63) is 92.4 Å². The van der Waals surface area contributed by atoms with Gasteiger partial charge in [-0.1, -0.05) is 46.3 Å². The normalized spacial score (nSPS) is 10.4. The lowest BCUT2D eigenvalue weighted by Crippen LogP contribution is -2.12. The van der Waals surface area contributed by atoms with Crippen molar-refractivity contribution in [3.63, 3.8) is 0 Å². The topological polar surface area (TPSA) is 61.8 Å². The average molecular weight is 534 g/mol. The van der Waals surface area contributed by atoms with Crippen LogP contribution in [0.3, 0.4) is 0 Å². The smallest absolute Gasteiger partial charge is 0.343 e. The van der Waals surface area contributed by atoms with Crippen LogP contribution in [0.15, 0.2) is 75.7 Å². The first kappa shape index (κ1) is 22.1. The van der Waals surface area contributed by atoms with E-state index >= 15 is 0 Å². The average Bonchev–Trinajstić information content (AvgIpc) is 2.76. The fourth-order valence-corrected chi connectivity index (χ4v) is 3.54. The van der Waals surface area contributed by atoms with Crippen molar-refractivity contribution >= 4 is 43.8 Å². The molecular formula is C23H18Br2O5. The molecule has 0 aliphatic rings. The molecule has 0 amide bonds. The molecule has 154 valence electrons. The Morgan fingerprint density at radius 3 is 2.30 bits per heavy atom. The Morgan fingerprint density at radius 1 is 0.867 bits per heavy atom. The van der Waals surface area contributed by atoms with Crippen LogP contribution in [0.2, 0.25) is 0 Å². The summed E-state index contributed by atoms with van der Waals surface area (Å²) in [5.41, 5.74) is 1.65. The third-order valence-electron chi connectivity index (χ3n) is 4.21. The standard InChI is InChI=1S/C23H18Br2O5/c1-28-23(27)18-14-17(24)8-10-20(18)30-22(26)16-7-9-21(19(25)13-16)29-12-11-15-5-3-2-4-6-15/h2-10,13-14H,11-12H2,1H3. The largest absolute Gasteiger partial charge is 0.492 e. The molecule has 0 radical (unpaired) electrons. The highest BCUT2D eigenvalue weighted by Gasteiger charge is 2.18. The van der Waals surface area contributed by atoms with Gasteiger partial charge >= 0.3 is 11.9 Å². The van der Waals surface area contributed by atoms with E-state index in [2.05, 4.69) is 31.9 Å². The summed E-state index contributed by atoms with van der Waals surface area (Å²) in [6.07, 6.45) is 0.775. The molecule has 30 heavy (non-hydrogen) atoms. The van der Waals surface area contributed by atoms with Gasteiger partial charge in [-0.3, -0.25) is 0 Å². The molecule has 0 aliphatic carbocycles. The first-order chi connectivity index (χ1) is 14.5. The van der Waals surface area contributed by atoms with Crippen LogP contribution in [0.1, 0.15) is 26.3 Å². The maximum Gasteiger partial charge on any atom is 0.343 e. The minimum absolute atomic E-state index is 0.120. The van der Waals surface area contributed by atoms with Gasteiger partial charge in [-0.2, -0.15) is 0 Å². The summed E-state index contributed by atoms with van der Waals surface area (Å²) in [5, 5.41) is 0. The van der Waals surface area contributed by atoms with Crippen LogP contribution in [0.25, 0.3) is 0 Å². The van der Waals surface area contributed by atoms with Crippen molar-refractivity contribution in [1.82, 2.24) is 0 Å². The fraction of sp³-hybridized carbons (Fsp3) is 0.130. The lowest BCUT2D eigenvalue weighted by Gasteiger charge is -2.11. The van der Waals surface area contributed by atoms with Crippen molar-refractivity contribution in [3.8, 4) is 11.5 Å². The first-order valence-corrected chi connectivity index (χ1v) is 10.6. The van der Waals surface area contributed by atoms with Gasteiger partial charge in [-0.25, -0.2) is 9.59 Å². The molecule has 0 aliphatic heterocycles. The van der Waals surface area contributed by atoms with E-state index in [0.29, 0.717) is 26.9 Å². The van der Waals surface area contributed by atoms with Gasteiger partial charge in [0.15, 0.2) is 0 Å². The number of esters is 2. The summed E-state index contributed by atoms with van der Waals surface area (Å²) in [5.74, 6) is -0.447. The second kappa shape index (κ2) is 10.4. The van der Waals surface area contributed by atoms with Crippen LogP contribution in [-0.2, 0) is 11.2 Å². The lowest BCUT2D eigenvalue weighted by atomic mass is 10.2. The first-order valence-electron chi connectivity index (χ1n) is 9.04. The van der Waals surface area contributed by atoms with Gasteiger partial charge < -0.3 is 14.2 Å². The molecule has 5 nitrogen and oxygen atoms in total. The predicted molar refractivity (Wildman–Crippen MR) is 120 cm³/mol. The Hall–Kier alpha value is -2.64. The molecule has 0 bridgehead atoms. The summed E-state index contributed by atoms with van der Waals surface area (Å²) < 4.78 is 17.3. The van der Waals surface area contributed by atoms with E-state index in [1.807, 2.05) is 30.3 Å². The van der Waals surface area contributed by atoms with Gasteiger partial charge in [0, 0.05) is 10.9 Å². The van der Waals surface area contributed by atoms with Gasteiger partial charge in [-0.05, 0) is 57.9 Å². The summed E-state index contributed by atoms with van der Waals surface area (Å²) >= 11 is 6.72. The zero-order valence-corrected chi connectivity index (χ0v) is 19.2. The molecule has 0 unspecified atom stereocenters. The maximum absolute atomic E-state index is 12.6. The highest BCUT2D eigenvalue weighted by Crippen LogP contribution is 2.28. The molecule has 3 rings (SSSR count). The third kappa shape index (κ3) is 5.70. The van der Waals surface area contributed by atoms with Crippen molar-refractivity contribution in [2.24, 2.45) is 0 Å². The second-order valence-electron chi connectivity index (χ2n) is 6.25. The summed E-state index contributed by atoms with van der Waals surface area (Å²) in [6.45, 7) is 0.508. The highest BCUT2D eigenvalue weighted by molar-refractivity contribution is 9.10. The third-order valence-corrected chi connectivity index (χ3v) is 5.32. The Kier molecular flexibility index (Phi) is 7.65. The van der Waals surface area contributed by atoms with E-state index in [1.54, 1.807) is 24.3 Å². The Morgan fingerprint density at radius 2 is 1.60 bits per heavy atom. The summed E-state index contributed by atoms with van der Waals surface area (Å²) in [6, 6.07) is 19.7. The zero-order chi connectivity index (χ0) is 21.5.